The first-order valence-electron chi connectivity index (χ1n) is 5.74. The monoisotopic (exact) mass is 224 g/mol. The van der Waals surface area contributed by atoms with Gasteiger partial charge in [-0.1, -0.05) is 12.8 Å². The number of methoxy groups -OCH3 is 1. The fourth-order valence-electron chi connectivity index (χ4n) is 2.40. The van der Waals surface area contributed by atoms with Crippen molar-refractivity contribution in [1.82, 2.24) is 0 Å². The van der Waals surface area contributed by atoms with Crippen LogP contribution in [0.1, 0.15) is 37.4 Å². The molecule has 1 unspecified atom stereocenters. The molecule has 1 fully saturated rings. The molecule has 1 aliphatic rings. The largest absolute Gasteiger partial charge is 0.497 e. The summed E-state index contributed by atoms with van der Waals surface area (Å²) in [5.41, 5.74) is 0.367. The molecule has 0 aromatic heterocycles. The SMILES string of the molecule is COc1ccc(F)c(C(O)C2CCCC2)c1. The molecule has 1 aromatic carbocycles. The highest BCUT2D eigenvalue weighted by Crippen LogP contribution is 2.37. The molecule has 0 spiro atoms. The molecule has 0 saturated heterocycles. The normalized spacial score (nSPS) is 18.7. The van der Waals surface area contributed by atoms with E-state index in [0.717, 1.165) is 25.7 Å². The number of rotatable bonds is 3. The number of hydrogen-bond acceptors (Lipinski definition) is 2. The summed E-state index contributed by atoms with van der Waals surface area (Å²) in [6, 6.07) is 4.52. The van der Waals surface area contributed by atoms with E-state index in [-0.39, 0.29) is 11.7 Å². The van der Waals surface area contributed by atoms with Gasteiger partial charge in [0.2, 0.25) is 0 Å². The lowest BCUT2D eigenvalue weighted by molar-refractivity contribution is 0.107. The molecule has 0 amide bonds. The summed E-state index contributed by atoms with van der Waals surface area (Å²) in [4.78, 5) is 0. The minimum atomic E-state index is -0.697. The topological polar surface area (TPSA) is 29.5 Å². The summed E-state index contributed by atoms with van der Waals surface area (Å²) in [7, 11) is 1.54. The van der Waals surface area contributed by atoms with E-state index in [9.17, 15) is 9.50 Å². The molecule has 0 heterocycles. The Labute approximate surface area is 95.1 Å². The first-order valence-corrected chi connectivity index (χ1v) is 5.74. The zero-order valence-electron chi connectivity index (χ0n) is 9.45. The van der Waals surface area contributed by atoms with Crippen LogP contribution in [0.5, 0.6) is 5.75 Å². The molecule has 1 saturated carbocycles. The fourth-order valence-corrected chi connectivity index (χ4v) is 2.40. The highest BCUT2D eigenvalue weighted by atomic mass is 19.1. The van der Waals surface area contributed by atoms with Crippen molar-refractivity contribution in [2.24, 2.45) is 5.92 Å². The van der Waals surface area contributed by atoms with E-state index in [1.165, 1.54) is 6.07 Å². The molecule has 0 aliphatic heterocycles. The summed E-state index contributed by atoms with van der Waals surface area (Å²) in [5, 5.41) is 10.1. The van der Waals surface area contributed by atoms with Crippen LogP contribution in [0, 0.1) is 11.7 Å². The Kier molecular flexibility index (Phi) is 3.44. The second-order valence-electron chi connectivity index (χ2n) is 4.38. The molecule has 16 heavy (non-hydrogen) atoms. The van der Waals surface area contributed by atoms with E-state index < -0.39 is 6.10 Å². The Hall–Kier alpha value is -1.09. The minimum Gasteiger partial charge on any atom is -0.497 e. The number of halogens is 1. The average molecular weight is 224 g/mol. The Morgan fingerprint density at radius 2 is 2.06 bits per heavy atom. The minimum absolute atomic E-state index is 0.196. The fraction of sp³-hybridized carbons (Fsp3) is 0.538. The van der Waals surface area contributed by atoms with Gasteiger partial charge in [-0.15, -0.1) is 0 Å². The van der Waals surface area contributed by atoms with Crippen LogP contribution in [0.25, 0.3) is 0 Å². The summed E-state index contributed by atoms with van der Waals surface area (Å²) in [5.74, 6) is 0.440. The van der Waals surface area contributed by atoms with Crippen molar-refractivity contribution in [1.29, 1.82) is 0 Å². The van der Waals surface area contributed by atoms with Crippen LogP contribution < -0.4 is 4.74 Å². The van der Waals surface area contributed by atoms with Crippen LogP contribution in [0.15, 0.2) is 18.2 Å². The van der Waals surface area contributed by atoms with Crippen molar-refractivity contribution in [3.8, 4) is 5.75 Å². The Balaban J connectivity index is 2.23. The van der Waals surface area contributed by atoms with E-state index in [1.807, 2.05) is 0 Å². The van der Waals surface area contributed by atoms with E-state index in [0.29, 0.717) is 11.3 Å². The van der Waals surface area contributed by atoms with Crippen molar-refractivity contribution < 1.29 is 14.2 Å². The van der Waals surface area contributed by atoms with Gasteiger partial charge in [0, 0.05) is 5.56 Å². The predicted molar refractivity (Wildman–Crippen MR) is 59.9 cm³/mol. The van der Waals surface area contributed by atoms with Gasteiger partial charge in [0.25, 0.3) is 0 Å². The Morgan fingerprint density at radius 1 is 1.38 bits per heavy atom. The van der Waals surface area contributed by atoms with Gasteiger partial charge in [0.15, 0.2) is 0 Å². The molecule has 2 rings (SSSR count). The van der Waals surface area contributed by atoms with Crippen molar-refractivity contribution in [3.05, 3.63) is 29.6 Å². The van der Waals surface area contributed by atoms with Crippen LogP contribution in [0.2, 0.25) is 0 Å². The highest BCUT2D eigenvalue weighted by molar-refractivity contribution is 5.31. The lowest BCUT2D eigenvalue weighted by atomic mass is 9.94. The van der Waals surface area contributed by atoms with Gasteiger partial charge < -0.3 is 9.84 Å². The second kappa shape index (κ2) is 4.83. The zero-order chi connectivity index (χ0) is 11.5. The molecule has 1 N–H and O–H groups in total. The maximum Gasteiger partial charge on any atom is 0.129 e. The van der Waals surface area contributed by atoms with Gasteiger partial charge in [0.05, 0.1) is 13.2 Å². The zero-order valence-corrected chi connectivity index (χ0v) is 9.45. The molecule has 3 heteroatoms. The van der Waals surface area contributed by atoms with Crippen molar-refractivity contribution in [3.63, 3.8) is 0 Å². The molecule has 2 nitrogen and oxygen atoms in total. The highest BCUT2D eigenvalue weighted by Gasteiger charge is 2.26. The van der Waals surface area contributed by atoms with Gasteiger partial charge in [-0.05, 0) is 37.0 Å². The second-order valence-corrected chi connectivity index (χ2v) is 4.38. The van der Waals surface area contributed by atoms with Crippen LogP contribution >= 0.6 is 0 Å². The number of benzene rings is 1. The first-order chi connectivity index (χ1) is 7.72. The molecule has 1 aliphatic carbocycles. The molecule has 88 valence electrons. The molecule has 1 atom stereocenters. The number of aliphatic hydroxyl groups excluding tert-OH is 1. The van der Waals surface area contributed by atoms with Gasteiger partial charge in [-0.3, -0.25) is 0 Å². The lowest BCUT2D eigenvalue weighted by Crippen LogP contribution is -2.10. The van der Waals surface area contributed by atoms with Crippen LogP contribution in [0.3, 0.4) is 0 Å². The van der Waals surface area contributed by atoms with Crippen molar-refractivity contribution in [2.45, 2.75) is 31.8 Å². The third-order valence-electron chi connectivity index (χ3n) is 3.37. The third kappa shape index (κ3) is 2.19. The summed E-state index contributed by atoms with van der Waals surface area (Å²) < 4.78 is 18.6. The number of aliphatic hydroxyl groups is 1. The van der Waals surface area contributed by atoms with E-state index in [1.54, 1.807) is 19.2 Å². The first kappa shape index (κ1) is 11.4. The summed E-state index contributed by atoms with van der Waals surface area (Å²) >= 11 is 0. The maximum absolute atomic E-state index is 13.6. The standard InChI is InChI=1S/C13H17FO2/c1-16-10-6-7-12(14)11(8-10)13(15)9-4-2-3-5-9/h6-9,13,15H,2-5H2,1H3. The molecule has 0 bridgehead atoms. The van der Waals surface area contributed by atoms with E-state index >= 15 is 0 Å². The van der Waals surface area contributed by atoms with Crippen LogP contribution in [-0.4, -0.2) is 12.2 Å². The number of hydrogen-bond donors (Lipinski definition) is 1. The van der Waals surface area contributed by atoms with Gasteiger partial charge in [-0.25, -0.2) is 4.39 Å². The lowest BCUT2D eigenvalue weighted by Gasteiger charge is -2.19. The molecular formula is C13H17FO2. The van der Waals surface area contributed by atoms with Gasteiger partial charge in [0.1, 0.15) is 11.6 Å². The van der Waals surface area contributed by atoms with Gasteiger partial charge in [-0.2, -0.15) is 0 Å². The van der Waals surface area contributed by atoms with Gasteiger partial charge >= 0.3 is 0 Å². The number of ether oxygens (including phenoxy) is 1. The third-order valence-corrected chi connectivity index (χ3v) is 3.37. The Bertz CT molecular complexity index is 359. The van der Waals surface area contributed by atoms with Crippen LogP contribution in [-0.2, 0) is 0 Å². The van der Waals surface area contributed by atoms with Crippen molar-refractivity contribution in [2.75, 3.05) is 7.11 Å². The quantitative estimate of drug-likeness (QED) is 0.855. The van der Waals surface area contributed by atoms with E-state index in [2.05, 4.69) is 0 Å². The maximum atomic E-state index is 13.6. The van der Waals surface area contributed by atoms with Crippen LogP contribution in [0.4, 0.5) is 4.39 Å². The molecule has 0 radical (unpaired) electrons. The van der Waals surface area contributed by atoms with Crippen molar-refractivity contribution >= 4 is 0 Å². The van der Waals surface area contributed by atoms with E-state index in [4.69, 9.17) is 4.74 Å². The summed E-state index contributed by atoms with van der Waals surface area (Å²) in [6.07, 6.45) is 3.54. The summed E-state index contributed by atoms with van der Waals surface area (Å²) in [6.45, 7) is 0. The molecular weight excluding hydrogens is 207 g/mol. The smallest absolute Gasteiger partial charge is 0.129 e. The molecule has 1 aromatic rings. The Morgan fingerprint density at radius 3 is 2.69 bits per heavy atom. The predicted octanol–water partition coefficient (Wildman–Crippen LogP) is 3.06. The average Bonchev–Trinajstić information content (AvgIpc) is 2.82.